The molecular weight excluding hydrogens is 222 g/mol. The van der Waals surface area contributed by atoms with Crippen molar-refractivity contribution >= 4 is 11.7 Å². The van der Waals surface area contributed by atoms with Crippen molar-refractivity contribution < 1.29 is 9.53 Å². The van der Waals surface area contributed by atoms with Crippen LogP contribution in [0.5, 0.6) is 0 Å². The predicted octanol–water partition coefficient (Wildman–Crippen LogP) is 0.340. The van der Waals surface area contributed by atoms with Gasteiger partial charge in [-0.3, -0.25) is 0 Å². The maximum Gasteiger partial charge on any atom is 0.360 e. The molecule has 0 unspecified atom stereocenters. The fourth-order valence-electron chi connectivity index (χ4n) is 1.25. The highest BCUT2D eigenvalue weighted by Gasteiger charge is 2.16. The number of aryl methyl sites for hydroxylation is 1. The van der Waals surface area contributed by atoms with E-state index in [4.69, 9.17) is 5.73 Å². The molecule has 0 aliphatic carbocycles. The highest BCUT2D eigenvalue weighted by Crippen LogP contribution is 2.12. The van der Waals surface area contributed by atoms with Crippen LogP contribution < -0.4 is 5.73 Å². The van der Waals surface area contributed by atoms with E-state index in [1.807, 2.05) is 6.92 Å². The van der Waals surface area contributed by atoms with Gasteiger partial charge in [-0.25, -0.2) is 19.4 Å². The van der Waals surface area contributed by atoms with Gasteiger partial charge in [0.25, 0.3) is 5.95 Å². The molecule has 0 aliphatic rings. The second-order valence-electron chi connectivity index (χ2n) is 3.43. The fourth-order valence-corrected chi connectivity index (χ4v) is 1.25. The lowest BCUT2D eigenvalue weighted by Gasteiger charge is -1.98. The summed E-state index contributed by atoms with van der Waals surface area (Å²) in [4.78, 5) is 19.5. The highest BCUT2D eigenvalue weighted by molar-refractivity contribution is 5.92. The van der Waals surface area contributed by atoms with E-state index < -0.39 is 5.97 Å². The smallest absolute Gasteiger partial charge is 0.360 e. The maximum absolute atomic E-state index is 11.3. The number of nitrogen functional groups attached to an aromatic ring is 1. The molecule has 0 spiro atoms. The van der Waals surface area contributed by atoms with Gasteiger partial charge < -0.3 is 10.5 Å². The monoisotopic (exact) mass is 233 g/mol. The van der Waals surface area contributed by atoms with E-state index in [0.29, 0.717) is 5.95 Å². The molecule has 17 heavy (non-hydrogen) atoms. The largest absolute Gasteiger partial charge is 0.464 e. The number of carbonyl (C=O) groups is 1. The number of nitrogens with two attached hydrogens (primary N) is 1. The second kappa shape index (κ2) is 4.20. The summed E-state index contributed by atoms with van der Waals surface area (Å²) in [5, 5.41) is 3.97. The van der Waals surface area contributed by atoms with E-state index in [9.17, 15) is 4.79 Å². The number of methoxy groups -OCH3 is 1. The van der Waals surface area contributed by atoms with Crippen molar-refractivity contribution in [2.75, 3.05) is 12.8 Å². The molecule has 2 aromatic heterocycles. The minimum atomic E-state index is -0.589. The van der Waals surface area contributed by atoms with Crippen molar-refractivity contribution in [1.29, 1.82) is 0 Å². The van der Waals surface area contributed by atoms with Gasteiger partial charge in [-0.05, 0) is 12.5 Å². The number of carbonyl (C=O) groups excluding carboxylic acids is 1. The predicted molar refractivity (Wildman–Crippen MR) is 59.6 cm³/mol. The lowest BCUT2D eigenvalue weighted by Crippen LogP contribution is -2.07. The molecule has 0 atom stereocenters. The molecule has 0 saturated heterocycles. The Hall–Kier alpha value is -2.44. The van der Waals surface area contributed by atoms with Gasteiger partial charge in [-0.15, -0.1) is 0 Å². The number of hydrogen-bond donors (Lipinski definition) is 1. The molecule has 0 aromatic carbocycles. The van der Waals surface area contributed by atoms with Gasteiger partial charge in [-0.2, -0.15) is 5.10 Å². The molecule has 0 bridgehead atoms. The first kappa shape index (κ1) is 11.1. The molecule has 7 nitrogen and oxygen atoms in total. The number of rotatable bonds is 2. The molecule has 2 N–H and O–H groups in total. The lowest BCUT2D eigenvalue weighted by molar-refractivity contribution is 0.0594. The van der Waals surface area contributed by atoms with Crippen LogP contribution in [0.25, 0.3) is 5.95 Å². The summed E-state index contributed by atoms with van der Waals surface area (Å²) in [7, 11) is 1.27. The van der Waals surface area contributed by atoms with Crippen LogP contribution in [0.1, 0.15) is 16.1 Å². The zero-order valence-corrected chi connectivity index (χ0v) is 9.41. The molecule has 0 fully saturated rings. The van der Waals surface area contributed by atoms with Gasteiger partial charge in [0.15, 0.2) is 5.69 Å². The van der Waals surface area contributed by atoms with Crippen LogP contribution in [-0.4, -0.2) is 32.8 Å². The second-order valence-corrected chi connectivity index (χ2v) is 3.43. The molecule has 2 aromatic rings. The summed E-state index contributed by atoms with van der Waals surface area (Å²) < 4.78 is 5.88. The minimum Gasteiger partial charge on any atom is -0.464 e. The van der Waals surface area contributed by atoms with Gasteiger partial charge in [0.1, 0.15) is 0 Å². The van der Waals surface area contributed by atoms with Gasteiger partial charge >= 0.3 is 5.97 Å². The Labute approximate surface area is 97.2 Å². The third kappa shape index (κ3) is 2.07. The zero-order chi connectivity index (χ0) is 12.4. The first-order valence-electron chi connectivity index (χ1n) is 4.84. The van der Waals surface area contributed by atoms with Gasteiger partial charge in [0.2, 0.25) is 0 Å². The van der Waals surface area contributed by atoms with Gasteiger partial charge in [0, 0.05) is 12.4 Å². The topological polar surface area (TPSA) is 95.9 Å². The maximum atomic E-state index is 11.3. The van der Waals surface area contributed by atoms with Crippen LogP contribution >= 0.6 is 0 Å². The Morgan fingerprint density at radius 1 is 1.41 bits per heavy atom. The van der Waals surface area contributed by atoms with Crippen molar-refractivity contribution in [2.45, 2.75) is 6.92 Å². The van der Waals surface area contributed by atoms with Crippen LogP contribution in [0.15, 0.2) is 18.6 Å². The van der Waals surface area contributed by atoms with Crippen molar-refractivity contribution in [1.82, 2.24) is 19.7 Å². The third-order valence-corrected chi connectivity index (χ3v) is 2.09. The summed E-state index contributed by atoms with van der Waals surface area (Å²) in [6, 6.07) is 0. The molecule has 0 amide bonds. The minimum absolute atomic E-state index is 0.0525. The standard InChI is InChI=1S/C10H11N5O2/c1-6-3-12-10(13-4-6)15-5-7(11)8(14-15)9(16)17-2/h3-5H,11H2,1-2H3. The van der Waals surface area contributed by atoms with Crippen molar-refractivity contribution in [3.63, 3.8) is 0 Å². The van der Waals surface area contributed by atoms with E-state index in [-0.39, 0.29) is 11.4 Å². The average Bonchev–Trinajstić information content (AvgIpc) is 2.71. The van der Waals surface area contributed by atoms with Crippen LogP contribution in [0.4, 0.5) is 5.69 Å². The number of aromatic nitrogens is 4. The SMILES string of the molecule is COC(=O)c1nn(-c2ncc(C)cn2)cc1N. The Balaban J connectivity index is 2.41. The molecule has 0 saturated carbocycles. The summed E-state index contributed by atoms with van der Waals surface area (Å²) in [5.74, 6) is -0.245. The summed E-state index contributed by atoms with van der Waals surface area (Å²) >= 11 is 0. The van der Waals surface area contributed by atoms with Gasteiger partial charge in [0.05, 0.1) is 19.0 Å². The average molecular weight is 233 g/mol. The van der Waals surface area contributed by atoms with E-state index >= 15 is 0 Å². The molecule has 2 heterocycles. The van der Waals surface area contributed by atoms with Crippen LogP contribution in [-0.2, 0) is 4.74 Å². The normalized spacial score (nSPS) is 10.2. The highest BCUT2D eigenvalue weighted by atomic mass is 16.5. The summed E-state index contributed by atoms with van der Waals surface area (Å²) in [6.45, 7) is 1.88. The Kier molecular flexibility index (Phi) is 2.73. The molecule has 88 valence electrons. The first-order valence-corrected chi connectivity index (χ1v) is 4.84. The fraction of sp³-hybridized carbons (Fsp3) is 0.200. The Morgan fingerprint density at radius 3 is 2.65 bits per heavy atom. The van der Waals surface area contributed by atoms with E-state index in [1.54, 1.807) is 12.4 Å². The molecule has 0 aliphatic heterocycles. The van der Waals surface area contributed by atoms with Crippen LogP contribution in [0.2, 0.25) is 0 Å². The number of hydrogen-bond acceptors (Lipinski definition) is 6. The van der Waals surface area contributed by atoms with Crippen molar-refractivity contribution in [3.8, 4) is 5.95 Å². The number of anilines is 1. The molecule has 0 radical (unpaired) electrons. The zero-order valence-electron chi connectivity index (χ0n) is 9.41. The van der Waals surface area contributed by atoms with Crippen LogP contribution in [0.3, 0.4) is 0 Å². The summed E-state index contributed by atoms with van der Waals surface area (Å²) in [5.41, 5.74) is 6.85. The number of nitrogens with zero attached hydrogens (tertiary/aromatic N) is 4. The quantitative estimate of drug-likeness (QED) is 0.751. The van der Waals surface area contributed by atoms with E-state index in [2.05, 4.69) is 19.8 Å². The number of ether oxygens (including phenoxy) is 1. The Morgan fingerprint density at radius 2 is 2.06 bits per heavy atom. The van der Waals surface area contributed by atoms with Crippen molar-refractivity contribution in [2.24, 2.45) is 0 Å². The molecule has 2 rings (SSSR count). The summed E-state index contributed by atoms with van der Waals surface area (Å²) in [6.07, 6.45) is 4.77. The molecular formula is C10H11N5O2. The van der Waals surface area contributed by atoms with Crippen LogP contribution in [0, 0.1) is 6.92 Å². The Bertz CT molecular complexity index is 546. The third-order valence-electron chi connectivity index (χ3n) is 2.09. The van der Waals surface area contributed by atoms with Gasteiger partial charge in [-0.1, -0.05) is 0 Å². The number of esters is 1. The first-order chi connectivity index (χ1) is 8.11. The van der Waals surface area contributed by atoms with E-state index in [1.165, 1.54) is 18.0 Å². The molecule has 7 heteroatoms. The van der Waals surface area contributed by atoms with Crippen molar-refractivity contribution in [3.05, 3.63) is 29.8 Å². The van der Waals surface area contributed by atoms with E-state index in [0.717, 1.165) is 5.56 Å². The lowest BCUT2D eigenvalue weighted by atomic mass is 10.4.